The van der Waals surface area contributed by atoms with Gasteiger partial charge in [0.25, 0.3) is 6.71 Å². The lowest BCUT2D eigenvalue weighted by Crippen LogP contribution is -2.61. The van der Waals surface area contributed by atoms with E-state index >= 15 is 0 Å². The zero-order valence-electron chi connectivity index (χ0n) is 51.0. The summed E-state index contributed by atoms with van der Waals surface area (Å²) in [6.45, 7) is 0.0542. The average Bonchev–Trinajstić information content (AvgIpc) is 1.08. The molecule has 0 amide bonds. The zero-order chi connectivity index (χ0) is 62.5. The number of rotatable bonds is 10. The smallest absolute Gasteiger partial charge is 0.252 e. The number of anilines is 6. The van der Waals surface area contributed by atoms with E-state index in [1.54, 1.807) is 0 Å². The molecule has 0 radical (unpaired) electrons. The maximum Gasteiger partial charge on any atom is 0.252 e. The summed E-state index contributed by atoms with van der Waals surface area (Å²) >= 11 is 1.84. The first-order valence-electron chi connectivity index (χ1n) is 32.0. The second-order valence-electron chi connectivity index (χ2n) is 24.1. The Morgan fingerprint density at radius 3 is 1.36 bits per heavy atom. The van der Waals surface area contributed by atoms with E-state index < -0.39 is 0 Å². The van der Waals surface area contributed by atoms with Gasteiger partial charge in [-0.2, -0.15) is 0 Å². The van der Waals surface area contributed by atoms with Gasteiger partial charge >= 0.3 is 0 Å². The number of fused-ring (bicyclic) bond motifs is 11. The van der Waals surface area contributed by atoms with Crippen LogP contribution in [0.4, 0.5) is 34.1 Å². The molecule has 0 N–H and O–H groups in total. The molecule has 0 unspecified atom stereocenters. The molecule has 0 fully saturated rings. The Labute approximate surface area is 552 Å². The van der Waals surface area contributed by atoms with Crippen molar-refractivity contribution in [1.82, 2.24) is 34.5 Å². The Hall–Kier alpha value is -12.4. The minimum Gasteiger partial charge on any atom is -0.311 e. The van der Waals surface area contributed by atoms with Crippen LogP contribution in [0.2, 0.25) is 0 Å². The maximum absolute atomic E-state index is 5.56. The average molecular weight is 1230 g/mol. The van der Waals surface area contributed by atoms with Gasteiger partial charge in [-0.3, -0.25) is 0 Å². The van der Waals surface area contributed by atoms with E-state index in [0.29, 0.717) is 34.9 Å². The normalized spacial score (nSPS) is 12.4. The van der Waals surface area contributed by atoms with E-state index in [1.807, 2.05) is 90.2 Å². The molecule has 0 saturated heterocycles. The molecule has 95 heavy (non-hydrogen) atoms. The van der Waals surface area contributed by atoms with E-state index in [-0.39, 0.29) is 6.71 Å². The van der Waals surface area contributed by atoms with Gasteiger partial charge in [-0.05, 0) is 112 Å². The van der Waals surface area contributed by atoms with Crippen LogP contribution in [0.25, 0.3) is 127 Å². The van der Waals surface area contributed by atoms with Crippen LogP contribution in [-0.4, -0.2) is 41.2 Å². The summed E-state index contributed by atoms with van der Waals surface area (Å²) in [5, 5.41) is 4.86. The fraction of sp³-hybridized carbons (Fsp3) is 0. The molecule has 19 rings (SSSR count). The van der Waals surface area contributed by atoms with Gasteiger partial charge in [0.2, 0.25) is 0 Å². The Morgan fingerprint density at radius 2 is 0.726 bits per heavy atom. The van der Waals surface area contributed by atoms with Gasteiger partial charge in [0.15, 0.2) is 34.9 Å². The third-order valence-electron chi connectivity index (χ3n) is 18.7. The van der Waals surface area contributed by atoms with E-state index in [2.05, 4.69) is 251 Å². The molecule has 13 aromatic carbocycles. The van der Waals surface area contributed by atoms with Gasteiger partial charge in [0.05, 0.1) is 16.7 Å². The van der Waals surface area contributed by atoms with Crippen molar-refractivity contribution in [1.29, 1.82) is 0 Å². The SMILES string of the molecule is c1ccc(-c2nc(-c3ccccc3)nc(-c3ccc(-n4c5ccccc5c5c6sc7ccccc7c6ccc54)c(-c4nc(-c5ccccc5)nc(-c5ccc(-c6cccc(N7c8ccccc8B8c9ccccc9N(c9ccccc9)c9cccc7c98)c6)cc5)n4)c3)n2)cc1. The van der Waals surface area contributed by atoms with Gasteiger partial charge in [0.1, 0.15) is 0 Å². The molecule has 0 spiro atoms. The van der Waals surface area contributed by atoms with E-state index in [1.165, 1.54) is 59.0 Å². The lowest BCUT2D eigenvalue weighted by Gasteiger charge is -2.44. The summed E-state index contributed by atoms with van der Waals surface area (Å²) in [6, 6.07) is 112. The number of thiophene rings is 1. The molecule has 4 aromatic heterocycles. The lowest BCUT2D eigenvalue weighted by atomic mass is 9.33. The third-order valence-corrected chi connectivity index (χ3v) is 19.9. The highest BCUT2D eigenvalue weighted by Gasteiger charge is 2.43. The Morgan fingerprint density at radius 1 is 0.274 bits per heavy atom. The van der Waals surface area contributed by atoms with E-state index in [0.717, 1.165) is 83.7 Å². The minimum atomic E-state index is 0.0542. The molecule has 6 heterocycles. The molecule has 17 aromatic rings. The predicted molar refractivity (Wildman–Crippen MR) is 393 cm³/mol. The summed E-state index contributed by atoms with van der Waals surface area (Å²) in [5.41, 5.74) is 21.0. The van der Waals surface area contributed by atoms with Crippen molar-refractivity contribution in [2.24, 2.45) is 0 Å². The van der Waals surface area contributed by atoms with Crippen LogP contribution < -0.4 is 26.2 Å². The number of nitrogens with zero attached hydrogens (tertiary/aromatic N) is 9. The van der Waals surface area contributed by atoms with Crippen LogP contribution in [0, 0.1) is 0 Å². The standard InChI is InChI=1S/C84H52BN9S/c1-5-23-54(24-6-1)79-86-80(55-25-7-2-8-26-55)89-83(88-79)59-47-49-69(94-68-37-17-13-34-64(68)76-72(94)50-48-63-62-33-14-20-42-75(62)95-78(63)76)65(52-59)84-90-81(56-27-9-3-10-28-56)87-82(91-84)57-45-43-53(44-46-57)58-29-21-32-61(51-58)93-71-39-19-16-36-67(71)85-66-35-15-18-38-70(66)92(60-30-11-4-12-31-60)73-40-22-41-74(93)77(73)85/h1-52H. The van der Waals surface area contributed by atoms with Crippen molar-refractivity contribution in [2.45, 2.75) is 0 Å². The molecule has 0 saturated carbocycles. The van der Waals surface area contributed by atoms with Crippen LogP contribution >= 0.6 is 11.3 Å². The van der Waals surface area contributed by atoms with Crippen LogP contribution in [0.5, 0.6) is 0 Å². The largest absolute Gasteiger partial charge is 0.311 e. The fourth-order valence-electron chi connectivity index (χ4n) is 14.4. The highest BCUT2D eigenvalue weighted by molar-refractivity contribution is 7.26. The molecule has 2 aliphatic rings. The topological polar surface area (TPSA) is 88.8 Å². The molecular formula is C84H52BN9S. The summed E-state index contributed by atoms with van der Waals surface area (Å²) in [4.78, 5) is 36.8. The number of aromatic nitrogens is 7. The van der Waals surface area contributed by atoms with Crippen molar-refractivity contribution < 1.29 is 0 Å². The number of hydrogen-bond acceptors (Lipinski definition) is 9. The van der Waals surface area contributed by atoms with Crippen molar-refractivity contribution in [3.8, 4) is 85.1 Å². The van der Waals surface area contributed by atoms with Crippen molar-refractivity contribution in [3.05, 3.63) is 315 Å². The highest BCUT2D eigenvalue weighted by atomic mass is 32.1. The van der Waals surface area contributed by atoms with Crippen LogP contribution in [-0.2, 0) is 0 Å². The highest BCUT2D eigenvalue weighted by Crippen LogP contribution is 2.47. The Balaban J connectivity index is 0.769. The van der Waals surface area contributed by atoms with E-state index in [4.69, 9.17) is 29.9 Å². The first-order valence-corrected chi connectivity index (χ1v) is 32.8. The summed E-state index contributed by atoms with van der Waals surface area (Å²) in [5.74, 6) is 3.26. The molecule has 11 heteroatoms. The maximum atomic E-state index is 5.56. The predicted octanol–water partition coefficient (Wildman–Crippen LogP) is 19.3. The quantitative estimate of drug-likeness (QED) is 0.125. The van der Waals surface area contributed by atoms with Crippen molar-refractivity contribution in [3.63, 3.8) is 0 Å². The number of hydrogen-bond donors (Lipinski definition) is 0. The van der Waals surface area contributed by atoms with Crippen molar-refractivity contribution >= 4 is 111 Å². The molecule has 0 aliphatic carbocycles. The second kappa shape index (κ2) is 22.2. The van der Waals surface area contributed by atoms with Crippen LogP contribution in [0.1, 0.15) is 0 Å². The second-order valence-corrected chi connectivity index (χ2v) is 25.2. The fourth-order valence-corrected chi connectivity index (χ4v) is 15.7. The molecular weight excluding hydrogens is 1180 g/mol. The minimum absolute atomic E-state index is 0.0542. The van der Waals surface area contributed by atoms with Crippen LogP contribution in [0.15, 0.2) is 315 Å². The van der Waals surface area contributed by atoms with Gasteiger partial charge in [-0.1, -0.05) is 231 Å². The Kier molecular flexibility index (Phi) is 12.7. The molecule has 2 aliphatic heterocycles. The first-order chi connectivity index (χ1) is 47.1. The lowest BCUT2D eigenvalue weighted by molar-refractivity contribution is 1.06. The third kappa shape index (κ3) is 9.00. The van der Waals surface area contributed by atoms with Gasteiger partial charge in [-0.25, -0.2) is 29.9 Å². The first kappa shape index (κ1) is 54.3. The summed E-state index contributed by atoms with van der Waals surface area (Å²) in [7, 11) is 0. The molecule has 0 atom stereocenters. The molecule has 9 nitrogen and oxygen atoms in total. The van der Waals surface area contributed by atoms with E-state index in [9.17, 15) is 0 Å². The number of para-hydroxylation sites is 4. The van der Waals surface area contributed by atoms with Gasteiger partial charge < -0.3 is 14.4 Å². The molecule has 442 valence electrons. The van der Waals surface area contributed by atoms with Crippen LogP contribution in [0.3, 0.4) is 0 Å². The summed E-state index contributed by atoms with van der Waals surface area (Å²) in [6.07, 6.45) is 0. The van der Waals surface area contributed by atoms with Gasteiger partial charge in [0, 0.05) is 98.4 Å². The monoisotopic (exact) mass is 1230 g/mol. The summed E-state index contributed by atoms with van der Waals surface area (Å²) < 4.78 is 4.89. The van der Waals surface area contributed by atoms with Gasteiger partial charge in [-0.15, -0.1) is 11.3 Å². The number of benzene rings is 13. The molecule has 0 bridgehead atoms. The van der Waals surface area contributed by atoms with Crippen molar-refractivity contribution in [2.75, 3.05) is 9.80 Å². The zero-order valence-corrected chi connectivity index (χ0v) is 51.8. The Bertz CT molecular complexity index is 5820.